The topological polar surface area (TPSA) is 61.0 Å². The fourth-order valence-electron chi connectivity index (χ4n) is 2.70. The van der Waals surface area contributed by atoms with Crippen LogP contribution in [-0.4, -0.2) is 46.7 Å². The average molecular weight is 264 g/mol. The van der Waals surface area contributed by atoms with Crippen molar-refractivity contribution in [2.24, 2.45) is 0 Å². The van der Waals surface area contributed by atoms with E-state index in [9.17, 15) is 4.79 Å². The lowest BCUT2D eigenvalue weighted by Gasteiger charge is -2.32. The summed E-state index contributed by atoms with van der Waals surface area (Å²) in [4.78, 5) is 14.6. The molecule has 1 aromatic heterocycles. The van der Waals surface area contributed by atoms with Gasteiger partial charge in [0.2, 0.25) is 0 Å². The number of aryl methyl sites for hydroxylation is 2. The number of hydrogen-bond acceptors (Lipinski definition) is 3. The van der Waals surface area contributed by atoms with E-state index < -0.39 is 0 Å². The van der Waals surface area contributed by atoms with Gasteiger partial charge in [0, 0.05) is 18.3 Å². The summed E-state index contributed by atoms with van der Waals surface area (Å²) in [7, 11) is 0. The Hall–Kier alpha value is -1.36. The van der Waals surface area contributed by atoms with E-state index in [-0.39, 0.29) is 5.91 Å². The third-order valence-corrected chi connectivity index (χ3v) is 3.93. The molecule has 1 amide bonds. The predicted molar refractivity (Wildman–Crippen MR) is 75.3 cm³/mol. The fourth-order valence-corrected chi connectivity index (χ4v) is 2.70. The smallest absolute Gasteiger partial charge is 0.255 e. The van der Waals surface area contributed by atoms with Crippen molar-refractivity contribution in [2.45, 2.75) is 46.1 Å². The zero-order valence-electron chi connectivity index (χ0n) is 12.1. The molecule has 106 valence electrons. The number of hydrogen-bond donors (Lipinski definition) is 2. The minimum atomic E-state index is -0.0207. The first-order valence-electron chi connectivity index (χ1n) is 7.13. The number of aromatic amines is 1. The largest absolute Gasteiger partial charge is 0.350 e. The van der Waals surface area contributed by atoms with Gasteiger partial charge in [-0.1, -0.05) is 6.42 Å². The number of carbonyl (C=O) groups is 1. The van der Waals surface area contributed by atoms with Crippen LogP contribution in [0.5, 0.6) is 0 Å². The Labute approximate surface area is 114 Å². The summed E-state index contributed by atoms with van der Waals surface area (Å²) < 4.78 is 0. The molecule has 1 unspecified atom stereocenters. The highest BCUT2D eigenvalue weighted by Gasteiger charge is 2.19. The van der Waals surface area contributed by atoms with Crippen LogP contribution in [0.3, 0.4) is 0 Å². The third-order valence-electron chi connectivity index (χ3n) is 3.93. The highest BCUT2D eigenvalue weighted by atomic mass is 16.1. The van der Waals surface area contributed by atoms with E-state index in [1.165, 1.54) is 19.3 Å². The maximum absolute atomic E-state index is 12.1. The van der Waals surface area contributed by atoms with Crippen molar-refractivity contribution in [2.75, 3.05) is 19.6 Å². The molecule has 0 radical (unpaired) electrons. The first-order chi connectivity index (χ1) is 9.09. The molecule has 0 spiro atoms. The van der Waals surface area contributed by atoms with Crippen LogP contribution in [-0.2, 0) is 0 Å². The molecule has 1 aliphatic rings. The molecule has 0 aliphatic carbocycles. The van der Waals surface area contributed by atoms with Gasteiger partial charge >= 0.3 is 0 Å². The zero-order valence-corrected chi connectivity index (χ0v) is 12.1. The van der Waals surface area contributed by atoms with E-state index in [4.69, 9.17) is 0 Å². The number of nitrogens with zero attached hydrogens (tertiary/aromatic N) is 2. The number of aromatic nitrogens is 2. The molecule has 19 heavy (non-hydrogen) atoms. The van der Waals surface area contributed by atoms with Gasteiger partial charge in [-0.2, -0.15) is 5.10 Å². The maximum Gasteiger partial charge on any atom is 0.255 e. The standard InChI is InChI=1S/C14H24N4O/c1-10(18-7-5-4-6-8-18)9-15-14(19)13-11(2)16-17-12(13)3/h10H,4-9H2,1-3H3,(H,15,19)(H,16,17). The van der Waals surface area contributed by atoms with Crippen LogP contribution in [0.2, 0.25) is 0 Å². The molecular formula is C14H24N4O. The van der Waals surface area contributed by atoms with Crippen LogP contribution in [0.25, 0.3) is 0 Å². The quantitative estimate of drug-likeness (QED) is 0.869. The van der Waals surface area contributed by atoms with E-state index in [1.807, 2.05) is 13.8 Å². The van der Waals surface area contributed by atoms with Crippen LogP contribution in [0.15, 0.2) is 0 Å². The zero-order chi connectivity index (χ0) is 13.8. The Kier molecular flexibility index (Phi) is 4.58. The fraction of sp³-hybridized carbons (Fsp3) is 0.714. The summed E-state index contributed by atoms with van der Waals surface area (Å²) in [5.74, 6) is -0.0207. The summed E-state index contributed by atoms with van der Waals surface area (Å²) in [5, 5.41) is 9.93. The van der Waals surface area contributed by atoms with Crippen LogP contribution in [0.1, 0.15) is 47.9 Å². The van der Waals surface area contributed by atoms with E-state index >= 15 is 0 Å². The molecular weight excluding hydrogens is 240 g/mol. The molecule has 5 nitrogen and oxygen atoms in total. The van der Waals surface area contributed by atoms with Crippen molar-refractivity contribution >= 4 is 5.91 Å². The van der Waals surface area contributed by atoms with E-state index in [1.54, 1.807) is 0 Å². The minimum Gasteiger partial charge on any atom is -0.350 e. The molecule has 0 saturated carbocycles. The molecule has 1 atom stereocenters. The summed E-state index contributed by atoms with van der Waals surface area (Å²) in [5.41, 5.74) is 2.28. The van der Waals surface area contributed by atoms with Gasteiger partial charge < -0.3 is 5.32 Å². The number of likely N-dealkylation sites (tertiary alicyclic amines) is 1. The highest BCUT2D eigenvalue weighted by molar-refractivity contribution is 5.96. The van der Waals surface area contributed by atoms with Gasteiger partial charge in [-0.05, 0) is 46.7 Å². The predicted octanol–water partition coefficient (Wildman–Crippen LogP) is 1.63. The molecule has 0 bridgehead atoms. The van der Waals surface area contributed by atoms with E-state index in [0.29, 0.717) is 18.2 Å². The molecule has 2 heterocycles. The van der Waals surface area contributed by atoms with Gasteiger partial charge in [0.1, 0.15) is 0 Å². The second kappa shape index (κ2) is 6.19. The van der Waals surface area contributed by atoms with Crippen LogP contribution < -0.4 is 5.32 Å². The maximum atomic E-state index is 12.1. The number of rotatable bonds is 4. The van der Waals surface area contributed by atoms with Crippen LogP contribution in [0, 0.1) is 13.8 Å². The Morgan fingerprint density at radius 1 is 1.37 bits per heavy atom. The molecule has 1 fully saturated rings. The van der Waals surface area contributed by atoms with Crippen molar-refractivity contribution in [3.8, 4) is 0 Å². The summed E-state index contributed by atoms with van der Waals surface area (Å²) in [6.07, 6.45) is 3.89. The van der Waals surface area contributed by atoms with Gasteiger partial charge in [-0.3, -0.25) is 14.8 Å². The number of piperidine rings is 1. The Morgan fingerprint density at radius 3 is 2.63 bits per heavy atom. The molecule has 2 N–H and O–H groups in total. The molecule has 1 saturated heterocycles. The number of H-pyrrole nitrogens is 1. The van der Waals surface area contributed by atoms with Crippen molar-refractivity contribution in [1.82, 2.24) is 20.4 Å². The molecule has 1 aliphatic heterocycles. The lowest BCUT2D eigenvalue weighted by Crippen LogP contribution is -2.44. The minimum absolute atomic E-state index is 0.0207. The summed E-state index contributed by atoms with van der Waals surface area (Å²) in [6, 6.07) is 0.400. The van der Waals surface area contributed by atoms with Gasteiger partial charge in [-0.15, -0.1) is 0 Å². The first-order valence-corrected chi connectivity index (χ1v) is 7.13. The average Bonchev–Trinajstić information content (AvgIpc) is 2.76. The third kappa shape index (κ3) is 3.35. The second-order valence-corrected chi connectivity index (χ2v) is 5.46. The molecule has 0 aromatic carbocycles. The molecule has 5 heteroatoms. The van der Waals surface area contributed by atoms with Gasteiger partial charge in [0.25, 0.3) is 5.91 Å². The van der Waals surface area contributed by atoms with Gasteiger partial charge in [0.15, 0.2) is 0 Å². The van der Waals surface area contributed by atoms with Crippen LogP contribution >= 0.6 is 0 Å². The highest BCUT2D eigenvalue weighted by Crippen LogP contribution is 2.12. The Balaban J connectivity index is 1.86. The lowest BCUT2D eigenvalue weighted by molar-refractivity contribution is 0.0929. The van der Waals surface area contributed by atoms with Crippen molar-refractivity contribution < 1.29 is 4.79 Å². The lowest BCUT2D eigenvalue weighted by atomic mass is 10.1. The normalized spacial score (nSPS) is 18.3. The molecule has 2 rings (SSSR count). The van der Waals surface area contributed by atoms with Gasteiger partial charge in [-0.25, -0.2) is 0 Å². The monoisotopic (exact) mass is 264 g/mol. The molecule has 1 aromatic rings. The Morgan fingerprint density at radius 2 is 2.05 bits per heavy atom. The van der Waals surface area contributed by atoms with E-state index in [0.717, 1.165) is 24.5 Å². The van der Waals surface area contributed by atoms with Crippen molar-refractivity contribution in [3.05, 3.63) is 17.0 Å². The second-order valence-electron chi connectivity index (χ2n) is 5.46. The Bertz CT molecular complexity index is 415. The first kappa shape index (κ1) is 14.1. The summed E-state index contributed by atoms with van der Waals surface area (Å²) in [6.45, 7) is 8.92. The number of amides is 1. The number of nitrogens with one attached hydrogen (secondary N) is 2. The summed E-state index contributed by atoms with van der Waals surface area (Å²) >= 11 is 0. The van der Waals surface area contributed by atoms with Crippen molar-refractivity contribution in [1.29, 1.82) is 0 Å². The SMILES string of the molecule is Cc1n[nH]c(C)c1C(=O)NCC(C)N1CCCCC1. The van der Waals surface area contributed by atoms with E-state index in [2.05, 4.69) is 27.3 Å². The van der Waals surface area contributed by atoms with Crippen molar-refractivity contribution in [3.63, 3.8) is 0 Å². The van der Waals surface area contributed by atoms with Gasteiger partial charge in [0.05, 0.1) is 11.3 Å². The number of carbonyl (C=O) groups excluding carboxylic acids is 1. The van der Waals surface area contributed by atoms with Crippen LogP contribution in [0.4, 0.5) is 0 Å².